The quantitative estimate of drug-likeness (QED) is 0.366. The van der Waals surface area contributed by atoms with E-state index < -0.39 is 0 Å². The molecular weight excluding hydrogens is 244 g/mol. The first-order chi connectivity index (χ1) is 9.15. The molecule has 1 saturated heterocycles. The third-order valence-electron chi connectivity index (χ3n) is 3.31. The maximum absolute atomic E-state index is 12.3. The highest BCUT2D eigenvalue weighted by Gasteiger charge is 2.23. The van der Waals surface area contributed by atoms with Gasteiger partial charge in [-0.1, -0.05) is 17.3 Å². The van der Waals surface area contributed by atoms with Crippen LogP contribution in [0, 0.1) is 0 Å². The van der Waals surface area contributed by atoms with Crippen LogP contribution in [0.3, 0.4) is 0 Å². The lowest BCUT2D eigenvalue weighted by atomic mass is 10.1. The molecule has 0 bridgehead atoms. The first-order valence-corrected chi connectivity index (χ1v) is 6.24. The molecule has 3 N–H and O–H groups in total. The Labute approximate surface area is 112 Å². The van der Waals surface area contributed by atoms with Crippen molar-refractivity contribution in [2.75, 3.05) is 25.0 Å². The second kappa shape index (κ2) is 5.60. The molecule has 0 spiro atoms. The molecule has 0 unspecified atom stereocenters. The molecule has 1 aliphatic rings. The Morgan fingerprint density at radius 1 is 1.37 bits per heavy atom. The number of nitrogens with two attached hydrogens (primary N) is 1. The van der Waals surface area contributed by atoms with Crippen LogP contribution < -0.4 is 10.6 Å². The number of benzene rings is 1. The topological polar surface area (TPSA) is 82.2 Å². The van der Waals surface area contributed by atoms with Gasteiger partial charge in [-0.05, 0) is 25.0 Å². The normalized spacial score (nSPS) is 15.6. The molecule has 6 heteroatoms. The molecule has 0 aromatic heterocycles. The maximum Gasteiger partial charge on any atom is 0.324 e. The highest BCUT2D eigenvalue weighted by Crippen LogP contribution is 2.21. The van der Waals surface area contributed by atoms with E-state index in [-0.39, 0.29) is 11.9 Å². The van der Waals surface area contributed by atoms with Crippen LogP contribution in [-0.4, -0.2) is 42.1 Å². The van der Waals surface area contributed by atoms with Gasteiger partial charge >= 0.3 is 6.03 Å². The van der Waals surface area contributed by atoms with Gasteiger partial charge in [0.05, 0.1) is 5.69 Å². The second-order valence-corrected chi connectivity index (χ2v) is 4.54. The van der Waals surface area contributed by atoms with Crippen molar-refractivity contribution in [1.82, 2.24) is 4.90 Å². The van der Waals surface area contributed by atoms with Gasteiger partial charge in [-0.3, -0.25) is 4.90 Å². The Morgan fingerprint density at radius 2 is 2.00 bits per heavy atom. The van der Waals surface area contributed by atoms with Crippen molar-refractivity contribution >= 4 is 17.6 Å². The van der Waals surface area contributed by atoms with Crippen LogP contribution in [0.25, 0.3) is 0 Å². The van der Waals surface area contributed by atoms with Crippen LogP contribution in [0.4, 0.5) is 10.5 Å². The molecule has 1 aromatic rings. The van der Waals surface area contributed by atoms with Gasteiger partial charge in [0.2, 0.25) is 0 Å². The summed E-state index contributed by atoms with van der Waals surface area (Å²) in [6.07, 6.45) is 2.09. The highest BCUT2D eigenvalue weighted by atomic mass is 16.4. The van der Waals surface area contributed by atoms with Crippen LogP contribution in [-0.2, 0) is 0 Å². The number of amidine groups is 1. The molecule has 1 fully saturated rings. The van der Waals surface area contributed by atoms with Gasteiger partial charge in [0.1, 0.15) is 0 Å². The molecule has 1 aliphatic heterocycles. The molecular formula is C13H18N4O2. The fourth-order valence-electron chi connectivity index (χ4n) is 2.26. The number of hydrogen-bond acceptors (Lipinski definition) is 3. The predicted molar refractivity (Wildman–Crippen MR) is 73.6 cm³/mol. The molecule has 1 aromatic carbocycles. The lowest BCUT2D eigenvalue weighted by Gasteiger charge is -2.25. The van der Waals surface area contributed by atoms with Gasteiger partial charge in [-0.25, -0.2) is 4.79 Å². The van der Waals surface area contributed by atoms with Crippen LogP contribution >= 0.6 is 0 Å². The molecule has 1 heterocycles. The van der Waals surface area contributed by atoms with E-state index in [9.17, 15) is 4.79 Å². The minimum absolute atomic E-state index is 0.00308. The Hall–Kier alpha value is -2.24. The third kappa shape index (κ3) is 2.62. The fraction of sp³-hybridized carbons (Fsp3) is 0.385. The van der Waals surface area contributed by atoms with Gasteiger partial charge in [0.15, 0.2) is 5.84 Å². The SMILES string of the molecule is CN(C(=O)N1CCCC1)c1ccccc1C(N)=NO. The number of anilines is 1. The first kappa shape index (κ1) is 13.2. The Balaban J connectivity index is 2.28. The summed E-state index contributed by atoms with van der Waals surface area (Å²) in [5, 5.41) is 11.8. The Bertz CT molecular complexity index is 495. The zero-order valence-electron chi connectivity index (χ0n) is 10.9. The molecule has 0 aliphatic carbocycles. The summed E-state index contributed by atoms with van der Waals surface area (Å²) in [7, 11) is 1.70. The number of rotatable bonds is 2. The summed E-state index contributed by atoms with van der Waals surface area (Å²) < 4.78 is 0. The molecule has 19 heavy (non-hydrogen) atoms. The zero-order valence-corrected chi connectivity index (χ0v) is 10.9. The number of oxime groups is 1. The van der Waals surface area contributed by atoms with Gasteiger partial charge in [0.25, 0.3) is 0 Å². The van der Waals surface area contributed by atoms with Crippen LogP contribution in [0.5, 0.6) is 0 Å². The minimum Gasteiger partial charge on any atom is -0.409 e. The smallest absolute Gasteiger partial charge is 0.324 e. The van der Waals surface area contributed by atoms with E-state index in [0.29, 0.717) is 11.3 Å². The van der Waals surface area contributed by atoms with Gasteiger partial charge in [0, 0.05) is 25.7 Å². The van der Waals surface area contributed by atoms with Crippen molar-refractivity contribution < 1.29 is 10.0 Å². The molecule has 0 saturated carbocycles. The monoisotopic (exact) mass is 262 g/mol. The predicted octanol–water partition coefficient (Wildman–Crippen LogP) is 1.43. The molecule has 2 rings (SSSR count). The van der Waals surface area contributed by atoms with Crippen molar-refractivity contribution in [3.05, 3.63) is 29.8 Å². The number of urea groups is 1. The Kier molecular flexibility index (Phi) is 3.89. The van der Waals surface area contributed by atoms with Crippen LogP contribution in [0.1, 0.15) is 18.4 Å². The van der Waals surface area contributed by atoms with Crippen molar-refractivity contribution in [2.24, 2.45) is 10.9 Å². The van der Waals surface area contributed by atoms with Crippen molar-refractivity contribution in [1.29, 1.82) is 0 Å². The zero-order chi connectivity index (χ0) is 13.8. The largest absolute Gasteiger partial charge is 0.409 e. The summed E-state index contributed by atoms with van der Waals surface area (Å²) in [4.78, 5) is 15.7. The first-order valence-electron chi connectivity index (χ1n) is 6.24. The highest BCUT2D eigenvalue weighted by molar-refractivity contribution is 6.05. The molecule has 2 amide bonds. The number of likely N-dealkylation sites (tertiary alicyclic amines) is 1. The second-order valence-electron chi connectivity index (χ2n) is 4.54. The number of para-hydroxylation sites is 1. The molecule has 0 radical (unpaired) electrons. The lowest BCUT2D eigenvalue weighted by Crippen LogP contribution is -2.40. The van der Waals surface area contributed by atoms with Crippen molar-refractivity contribution in [3.63, 3.8) is 0 Å². The molecule has 102 valence electrons. The van der Waals surface area contributed by atoms with E-state index in [1.807, 2.05) is 11.0 Å². The van der Waals surface area contributed by atoms with Gasteiger partial charge < -0.3 is 15.8 Å². The third-order valence-corrected chi connectivity index (χ3v) is 3.31. The maximum atomic E-state index is 12.3. The van der Waals surface area contributed by atoms with E-state index in [1.165, 1.54) is 0 Å². The number of carbonyl (C=O) groups excluding carboxylic acids is 1. The van der Waals surface area contributed by atoms with E-state index in [1.54, 1.807) is 30.1 Å². The number of nitrogens with zero attached hydrogens (tertiary/aromatic N) is 3. The number of hydrogen-bond donors (Lipinski definition) is 2. The average Bonchev–Trinajstić information content (AvgIpc) is 2.99. The van der Waals surface area contributed by atoms with Gasteiger partial charge in [-0.15, -0.1) is 0 Å². The minimum atomic E-state index is -0.0595. The fourth-order valence-corrected chi connectivity index (χ4v) is 2.26. The van der Waals surface area contributed by atoms with E-state index >= 15 is 0 Å². The summed E-state index contributed by atoms with van der Waals surface area (Å²) >= 11 is 0. The van der Waals surface area contributed by atoms with E-state index in [4.69, 9.17) is 10.9 Å². The standard InChI is InChI=1S/C13H18N4O2/c1-16(13(18)17-8-4-5-9-17)11-7-3-2-6-10(11)12(14)15-19/h2-3,6-7,19H,4-5,8-9H2,1H3,(H2,14,15). The molecule has 6 nitrogen and oxygen atoms in total. The van der Waals surface area contributed by atoms with Crippen molar-refractivity contribution in [2.45, 2.75) is 12.8 Å². The van der Waals surface area contributed by atoms with Gasteiger partial charge in [-0.2, -0.15) is 0 Å². The number of amides is 2. The summed E-state index contributed by atoms with van der Waals surface area (Å²) in [5.41, 5.74) is 6.81. The summed E-state index contributed by atoms with van der Waals surface area (Å²) in [6, 6.07) is 7.04. The lowest BCUT2D eigenvalue weighted by molar-refractivity contribution is 0.217. The summed E-state index contributed by atoms with van der Waals surface area (Å²) in [6.45, 7) is 1.57. The van der Waals surface area contributed by atoms with Crippen molar-refractivity contribution in [3.8, 4) is 0 Å². The van der Waals surface area contributed by atoms with Crippen LogP contribution in [0.15, 0.2) is 29.4 Å². The van der Waals surface area contributed by atoms with E-state index in [0.717, 1.165) is 25.9 Å². The average molecular weight is 262 g/mol. The molecule has 0 atom stereocenters. The van der Waals surface area contributed by atoms with E-state index in [2.05, 4.69) is 5.16 Å². The number of carbonyl (C=O) groups is 1. The van der Waals surface area contributed by atoms with Crippen LogP contribution in [0.2, 0.25) is 0 Å². The summed E-state index contributed by atoms with van der Waals surface area (Å²) in [5.74, 6) is -0.00308. The Morgan fingerprint density at radius 3 is 2.63 bits per heavy atom.